The molecule has 0 radical (unpaired) electrons. The number of carboxylic acid groups (broad SMARTS) is 1. The Labute approximate surface area is 125 Å². The number of urea groups is 1. The van der Waals surface area contributed by atoms with Crippen molar-refractivity contribution in [2.24, 2.45) is 5.92 Å². The van der Waals surface area contributed by atoms with E-state index in [0.29, 0.717) is 19.0 Å². The molecule has 0 saturated carbocycles. The van der Waals surface area contributed by atoms with Gasteiger partial charge in [0.05, 0.1) is 5.92 Å². The van der Waals surface area contributed by atoms with Crippen molar-refractivity contribution in [2.75, 3.05) is 19.6 Å². The Bertz CT molecular complexity index is 530. The van der Waals surface area contributed by atoms with Crippen molar-refractivity contribution in [3.05, 3.63) is 35.4 Å². The van der Waals surface area contributed by atoms with Crippen LogP contribution >= 0.6 is 0 Å². The van der Waals surface area contributed by atoms with E-state index in [9.17, 15) is 9.59 Å². The summed E-state index contributed by atoms with van der Waals surface area (Å²) in [7, 11) is 0. The molecular formula is C16H22N2O3. The van der Waals surface area contributed by atoms with Crippen molar-refractivity contribution in [2.45, 2.75) is 26.2 Å². The lowest BCUT2D eigenvalue weighted by Gasteiger charge is -2.31. The normalized spacial score (nSPS) is 17.3. The number of aliphatic carboxylic acids is 1. The molecule has 2 atom stereocenters. The zero-order chi connectivity index (χ0) is 15.4. The molecule has 0 spiro atoms. The van der Waals surface area contributed by atoms with Gasteiger partial charge in [-0.25, -0.2) is 4.79 Å². The van der Waals surface area contributed by atoms with Crippen molar-refractivity contribution >= 4 is 12.0 Å². The van der Waals surface area contributed by atoms with E-state index < -0.39 is 11.9 Å². The smallest absolute Gasteiger partial charge is 0.317 e. The Morgan fingerprint density at radius 1 is 1.43 bits per heavy atom. The molecule has 1 aliphatic rings. The SMILES string of the molecule is CCN(CC(C)C(=O)O)C(=O)NCC1Cc2ccccc21. The van der Waals surface area contributed by atoms with E-state index in [0.717, 1.165) is 6.42 Å². The lowest BCUT2D eigenvalue weighted by molar-refractivity contribution is -0.141. The summed E-state index contributed by atoms with van der Waals surface area (Å²) < 4.78 is 0. The Morgan fingerprint density at radius 3 is 2.76 bits per heavy atom. The number of carbonyl (C=O) groups is 2. The number of hydrogen-bond donors (Lipinski definition) is 2. The molecule has 1 aliphatic carbocycles. The first-order valence-corrected chi connectivity index (χ1v) is 7.36. The second-order valence-corrected chi connectivity index (χ2v) is 5.56. The maximum atomic E-state index is 12.1. The van der Waals surface area contributed by atoms with Crippen LogP contribution in [0.4, 0.5) is 4.79 Å². The summed E-state index contributed by atoms with van der Waals surface area (Å²) in [5.74, 6) is -1.06. The fourth-order valence-corrected chi connectivity index (χ4v) is 2.63. The molecule has 1 aromatic carbocycles. The number of nitrogens with one attached hydrogen (secondary N) is 1. The third-order valence-electron chi connectivity index (χ3n) is 4.05. The second-order valence-electron chi connectivity index (χ2n) is 5.56. The molecule has 0 saturated heterocycles. The molecule has 2 amide bonds. The van der Waals surface area contributed by atoms with Crippen LogP contribution in [0.1, 0.15) is 30.9 Å². The van der Waals surface area contributed by atoms with Crippen LogP contribution in [-0.4, -0.2) is 41.6 Å². The highest BCUT2D eigenvalue weighted by atomic mass is 16.4. The molecule has 0 aromatic heterocycles. The zero-order valence-electron chi connectivity index (χ0n) is 12.5. The van der Waals surface area contributed by atoms with Crippen LogP contribution in [0.5, 0.6) is 0 Å². The average Bonchev–Trinajstić information content (AvgIpc) is 2.45. The maximum Gasteiger partial charge on any atom is 0.317 e. The number of rotatable bonds is 6. The number of fused-ring (bicyclic) bond motifs is 1. The van der Waals surface area contributed by atoms with Gasteiger partial charge in [-0.05, 0) is 24.5 Å². The summed E-state index contributed by atoms with van der Waals surface area (Å²) in [6, 6.07) is 8.06. The minimum absolute atomic E-state index is 0.185. The van der Waals surface area contributed by atoms with Gasteiger partial charge in [-0.15, -0.1) is 0 Å². The van der Waals surface area contributed by atoms with E-state index >= 15 is 0 Å². The highest BCUT2D eigenvalue weighted by Crippen LogP contribution is 2.33. The van der Waals surface area contributed by atoms with E-state index in [1.165, 1.54) is 11.1 Å². The van der Waals surface area contributed by atoms with E-state index in [2.05, 4.69) is 17.4 Å². The van der Waals surface area contributed by atoms with Crippen LogP contribution < -0.4 is 5.32 Å². The second kappa shape index (κ2) is 6.61. The summed E-state index contributed by atoms with van der Waals surface area (Å²) in [6.07, 6.45) is 0.994. The standard InChI is InChI=1S/C16H22N2O3/c1-3-18(10-11(2)15(19)20)16(21)17-9-13-8-12-6-4-5-7-14(12)13/h4-7,11,13H,3,8-10H2,1-2H3,(H,17,21)(H,19,20). The summed E-state index contributed by atoms with van der Waals surface area (Å²) in [5, 5.41) is 11.8. The Morgan fingerprint density at radius 2 is 2.14 bits per heavy atom. The van der Waals surface area contributed by atoms with Gasteiger partial charge in [0.25, 0.3) is 0 Å². The monoisotopic (exact) mass is 290 g/mol. The number of amides is 2. The van der Waals surface area contributed by atoms with Crippen LogP contribution in [0.15, 0.2) is 24.3 Å². The summed E-state index contributed by atoms with van der Waals surface area (Å²) in [5.41, 5.74) is 2.66. The van der Waals surface area contributed by atoms with Crippen LogP contribution in [0.3, 0.4) is 0 Å². The molecule has 114 valence electrons. The molecule has 21 heavy (non-hydrogen) atoms. The van der Waals surface area contributed by atoms with E-state index in [-0.39, 0.29) is 12.6 Å². The van der Waals surface area contributed by atoms with Crippen LogP contribution in [0, 0.1) is 5.92 Å². The third kappa shape index (κ3) is 3.54. The molecule has 2 N–H and O–H groups in total. The van der Waals surface area contributed by atoms with Gasteiger partial charge in [-0.2, -0.15) is 0 Å². The first-order chi connectivity index (χ1) is 10.0. The van der Waals surface area contributed by atoms with E-state index in [4.69, 9.17) is 5.11 Å². The summed E-state index contributed by atoms with van der Waals surface area (Å²) in [4.78, 5) is 24.5. The van der Waals surface area contributed by atoms with Gasteiger partial charge in [0.1, 0.15) is 0 Å². The van der Waals surface area contributed by atoms with Crippen molar-refractivity contribution in [3.63, 3.8) is 0 Å². The van der Waals surface area contributed by atoms with Gasteiger partial charge < -0.3 is 15.3 Å². The average molecular weight is 290 g/mol. The number of hydrogen-bond acceptors (Lipinski definition) is 2. The topological polar surface area (TPSA) is 69.6 Å². The maximum absolute atomic E-state index is 12.1. The van der Waals surface area contributed by atoms with Crippen molar-refractivity contribution in [1.29, 1.82) is 0 Å². The zero-order valence-corrected chi connectivity index (χ0v) is 12.5. The number of carboxylic acids is 1. The lowest BCUT2D eigenvalue weighted by Crippen LogP contribution is -2.45. The van der Waals surface area contributed by atoms with Crippen LogP contribution in [0.2, 0.25) is 0 Å². The quantitative estimate of drug-likeness (QED) is 0.842. The Kier molecular flexibility index (Phi) is 4.83. The third-order valence-corrected chi connectivity index (χ3v) is 4.05. The van der Waals surface area contributed by atoms with Crippen LogP contribution in [-0.2, 0) is 11.2 Å². The first kappa shape index (κ1) is 15.4. The molecule has 1 aromatic rings. The van der Waals surface area contributed by atoms with Gasteiger partial charge in [0.2, 0.25) is 0 Å². The predicted molar refractivity (Wildman–Crippen MR) is 80.3 cm³/mol. The molecule has 5 heteroatoms. The predicted octanol–water partition coefficient (Wildman–Crippen LogP) is 2.08. The molecule has 0 aliphatic heterocycles. The van der Waals surface area contributed by atoms with Crippen molar-refractivity contribution < 1.29 is 14.7 Å². The molecule has 2 unspecified atom stereocenters. The van der Waals surface area contributed by atoms with Gasteiger partial charge in [-0.3, -0.25) is 4.79 Å². The molecule has 5 nitrogen and oxygen atoms in total. The number of benzene rings is 1. The Hall–Kier alpha value is -2.04. The van der Waals surface area contributed by atoms with E-state index in [1.807, 2.05) is 19.1 Å². The largest absolute Gasteiger partial charge is 0.481 e. The Balaban J connectivity index is 1.83. The van der Waals surface area contributed by atoms with Crippen molar-refractivity contribution in [3.8, 4) is 0 Å². The number of nitrogens with zero attached hydrogens (tertiary/aromatic N) is 1. The number of carbonyl (C=O) groups excluding carboxylic acids is 1. The first-order valence-electron chi connectivity index (χ1n) is 7.36. The highest BCUT2D eigenvalue weighted by Gasteiger charge is 2.26. The minimum atomic E-state index is -0.880. The van der Waals surface area contributed by atoms with Crippen molar-refractivity contribution in [1.82, 2.24) is 10.2 Å². The molecule has 0 bridgehead atoms. The lowest BCUT2D eigenvalue weighted by atomic mass is 9.78. The fraction of sp³-hybridized carbons (Fsp3) is 0.500. The summed E-state index contributed by atoms with van der Waals surface area (Å²) in [6.45, 7) is 4.81. The molecule has 0 fully saturated rings. The molecule has 2 rings (SSSR count). The summed E-state index contributed by atoms with van der Waals surface area (Å²) >= 11 is 0. The molecular weight excluding hydrogens is 268 g/mol. The fourth-order valence-electron chi connectivity index (χ4n) is 2.63. The van der Waals surface area contributed by atoms with Gasteiger partial charge >= 0.3 is 12.0 Å². The van der Waals surface area contributed by atoms with E-state index in [1.54, 1.807) is 11.8 Å². The van der Waals surface area contributed by atoms with Gasteiger partial charge in [0.15, 0.2) is 0 Å². The minimum Gasteiger partial charge on any atom is -0.481 e. The van der Waals surface area contributed by atoms with Crippen LogP contribution in [0.25, 0.3) is 0 Å². The highest BCUT2D eigenvalue weighted by molar-refractivity contribution is 5.76. The van der Waals surface area contributed by atoms with Gasteiger partial charge in [0, 0.05) is 25.6 Å². The molecule has 0 heterocycles. The van der Waals surface area contributed by atoms with Gasteiger partial charge in [-0.1, -0.05) is 31.2 Å².